The third kappa shape index (κ3) is 3.17. The number of hydrogen-bond donors (Lipinski definition) is 2. The summed E-state index contributed by atoms with van der Waals surface area (Å²) in [5.41, 5.74) is 2.93. The van der Waals surface area contributed by atoms with Crippen LogP contribution in [-0.2, 0) is 4.79 Å². The SMILES string of the molecule is Cc1c(NC(=O)c2ccccc2)cccc1NC(=O)C1CC1. The van der Waals surface area contributed by atoms with Crippen molar-refractivity contribution in [3.05, 3.63) is 59.7 Å². The molecular weight excluding hydrogens is 276 g/mol. The van der Waals surface area contributed by atoms with E-state index in [9.17, 15) is 9.59 Å². The highest BCUT2D eigenvalue weighted by atomic mass is 16.2. The molecule has 2 N–H and O–H groups in total. The van der Waals surface area contributed by atoms with Gasteiger partial charge in [0, 0.05) is 22.9 Å². The fraction of sp³-hybridized carbons (Fsp3) is 0.222. The number of anilines is 2. The van der Waals surface area contributed by atoms with Gasteiger partial charge < -0.3 is 10.6 Å². The van der Waals surface area contributed by atoms with Gasteiger partial charge in [0.15, 0.2) is 0 Å². The van der Waals surface area contributed by atoms with Crippen molar-refractivity contribution in [2.45, 2.75) is 19.8 Å². The summed E-state index contributed by atoms with van der Waals surface area (Å²) >= 11 is 0. The zero-order valence-corrected chi connectivity index (χ0v) is 12.4. The van der Waals surface area contributed by atoms with Crippen LogP contribution in [0.3, 0.4) is 0 Å². The molecule has 1 fully saturated rings. The molecule has 0 aliphatic heterocycles. The van der Waals surface area contributed by atoms with Gasteiger partial charge in [0.05, 0.1) is 0 Å². The van der Waals surface area contributed by atoms with Crippen LogP contribution in [0.15, 0.2) is 48.5 Å². The minimum absolute atomic E-state index is 0.0645. The monoisotopic (exact) mass is 294 g/mol. The van der Waals surface area contributed by atoms with Gasteiger partial charge in [-0.2, -0.15) is 0 Å². The van der Waals surface area contributed by atoms with Crippen LogP contribution in [0, 0.1) is 12.8 Å². The first-order valence-electron chi connectivity index (χ1n) is 7.42. The topological polar surface area (TPSA) is 58.2 Å². The largest absolute Gasteiger partial charge is 0.326 e. The van der Waals surface area contributed by atoms with E-state index in [2.05, 4.69) is 10.6 Å². The van der Waals surface area contributed by atoms with E-state index in [-0.39, 0.29) is 17.7 Å². The lowest BCUT2D eigenvalue weighted by molar-refractivity contribution is -0.117. The van der Waals surface area contributed by atoms with Gasteiger partial charge in [-0.25, -0.2) is 0 Å². The van der Waals surface area contributed by atoms with Gasteiger partial charge in [0.25, 0.3) is 5.91 Å². The minimum atomic E-state index is -0.158. The number of carbonyl (C=O) groups is 2. The van der Waals surface area contributed by atoms with Crippen LogP contribution in [0.25, 0.3) is 0 Å². The molecule has 1 aliphatic carbocycles. The second-order valence-electron chi connectivity index (χ2n) is 5.56. The van der Waals surface area contributed by atoms with E-state index in [4.69, 9.17) is 0 Å². The van der Waals surface area contributed by atoms with Crippen molar-refractivity contribution in [1.82, 2.24) is 0 Å². The van der Waals surface area contributed by atoms with Crippen molar-refractivity contribution in [3.63, 3.8) is 0 Å². The van der Waals surface area contributed by atoms with Crippen LogP contribution in [0.5, 0.6) is 0 Å². The number of hydrogen-bond acceptors (Lipinski definition) is 2. The lowest BCUT2D eigenvalue weighted by Gasteiger charge is -2.13. The number of amides is 2. The Bertz CT molecular complexity index is 706. The van der Waals surface area contributed by atoms with Crippen molar-refractivity contribution in [3.8, 4) is 0 Å². The van der Waals surface area contributed by atoms with Crippen molar-refractivity contribution in [2.24, 2.45) is 5.92 Å². The predicted octanol–water partition coefficient (Wildman–Crippen LogP) is 3.60. The summed E-state index contributed by atoms with van der Waals surface area (Å²) in [7, 11) is 0. The maximum atomic E-state index is 12.2. The van der Waals surface area contributed by atoms with Crippen LogP contribution in [0.1, 0.15) is 28.8 Å². The van der Waals surface area contributed by atoms with Crippen molar-refractivity contribution in [2.75, 3.05) is 10.6 Å². The fourth-order valence-electron chi connectivity index (χ4n) is 2.27. The maximum Gasteiger partial charge on any atom is 0.255 e. The first-order valence-corrected chi connectivity index (χ1v) is 7.42. The molecule has 112 valence electrons. The quantitative estimate of drug-likeness (QED) is 0.905. The predicted molar refractivity (Wildman–Crippen MR) is 86.9 cm³/mol. The highest BCUT2D eigenvalue weighted by molar-refractivity contribution is 6.05. The second kappa shape index (κ2) is 6.02. The molecule has 0 aromatic heterocycles. The van der Waals surface area contributed by atoms with Crippen LogP contribution < -0.4 is 10.6 Å². The maximum absolute atomic E-state index is 12.2. The zero-order valence-electron chi connectivity index (χ0n) is 12.4. The normalized spacial score (nSPS) is 13.5. The summed E-state index contributed by atoms with van der Waals surface area (Å²) in [5, 5.41) is 5.83. The Labute approximate surface area is 129 Å². The molecule has 2 aromatic carbocycles. The van der Waals surface area contributed by atoms with Gasteiger partial charge in [-0.3, -0.25) is 9.59 Å². The summed E-state index contributed by atoms with van der Waals surface area (Å²) < 4.78 is 0. The molecule has 4 nitrogen and oxygen atoms in total. The lowest BCUT2D eigenvalue weighted by atomic mass is 10.1. The summed E-state index contributed by atoms with van der Waals surface area (Å²) in [6.45, 7) is 1.89. The molecular formula is C18H18N2O2. The Hall–Kier alpha value is -2.62. The molecule has 0 bridgehead atoms. The molecule has 1 aliphatic rings. The fourth-order valence-corrected chi connectivity index (χ4v) is 2.27. The molecule has 0 heterocycles. The smallest absolute Gasteiger partial charge is 0.255 e. The summed E-state index contributed by atoms with van der Waals surface area (Å²) in [5.74, 6) is 0.0611. The average Bonchev–Trinajstić information content (AvgIpc) is 3.37. The van der Waals surface area contributed by atoms with Gasteiger partial charge in [0.2, 0.25) is 5.91 Å². The minimum Gasteiger partial charge on any atom is -0.326 e. The summed E-state index contributed by atoms with van der Waals surface area (Å²) in [6.07, 6.45) is 1.94. The molecule has 0 radical (unpaired) electrons. The Kier molecular flexibility index (Phi) is 3.92. The summed E-state index contributed by atoms with van der Waals surface area (Å²) in [4.78, 5) is 24.1. The van der Waals surface area contributed by atoms with Gasteiger partial charge in [-0.05, 0) is 49.6 Å². The average molecular weight is 294 g/mol. The van der Waals surface area contributed by atoms with E-state index in [1.807, 2.05) is 43.3 Å². The molecule has 1 saturated carbocycles. The Balaban J connectivity index is 1.76. The van der Waals surface area contributed by atoms with Crippen molar-refractivity contribution >= 4 is 23.2 Å². The van der Waals surface area contributed by atoms with E-state index in [0.29, 0.717) is 11.3 Å². The lowest BCUT2D eigenvalue weighted by Crippen LogP contribution is -2.16. The van der Waals surface area contributed by atoms with Gasteiger partial charge in [-0.15, -0.1) is 0 Å². The molecule has 0 spiro atoms. The first-order chi connectivity index (χ1) is 10.6. The molecule has 2 aromatic rings. The van der Waals surface area contributed by atoms with E-state index in [0.717, 1.165) is 24.1 Å². The molecule has 3 rings (SSSR count). The highest BCUT2D eigenvalue weighted by Gasteiger charge is 2.29. The Morgan fingerprint density at radius 3 is 2.18 bits per heavy atom. The number of rotatable bonds is 4. The molecule has 2 amide bonds. The van der Waals surface area contributed by atoms with E-state index in [1.165, 1.54) is 0 Å². The second-order valence-corrected chi connectivity index (χ2v) is 5.56. The van der Waals surface area contributed by atoms with Gasteiger partial charge in [0.1, 0.15) is 0 Å². The zero-order chi connectivity index (χ0) is 15.5. The third-order valence-electron chi connectivity index (χ3n) is 3.82. The third-order valence-corrected chi connectivity index (χ3v) is 3.82. The molecule has 0 atom stereocenters. The van der Waals surface area contributed by atoms with E-state index in [1.54, 1.807) is 12.1 Å². The van der Waals surface area contributed by atoms with Crippen LogP contribution >= 0.6 is 0 Å². The Morgan fingerprint density at radius 2 is 1.55 bits per heavy atom. The standard InChI is InChI=1S/C18H18N2O2/c1-12-15(19-17(21)13-6-3-2-4-7-13)8-5-9-16(12)20-18(22)14-10-11-14/h2-9,14H,10-11H2,1H3,(H,19,21)(H,20,22). The van der Waals surface area contributed by atoms with Gasteiger partial charge >= 0.3 is 0 Å². The first kappa shape index (κ1) is 14.3. The van der Waals surface area contributed by atoms with Gasteiger partial charge in [-0.1, -0.05) is 24.3 Å². The van der Waals surface area contributed by atoms with E-state index >= 15 is 0 Å². The molecule has 0 saturated heterocycles. The van der Waals surface area contributed by atoms with Crippen LogP contribution in [0.2, 0.25) is 0 Å². The number of nitrogens with one attached hydrogen (secondary N) is 2. The molecule has 22 heavy (non-hydrogen) atoms. The highest BCUT2D eigenvalue weighted by Crippen LogP contribution is 2.31. The van der Waals surface area contributed by atoms with Crippen LogP contribution in [-0.4, -0.2) is 11.8 Å². The van der Waals surface area contributed by atoms with Crippen molar-refractivity contribution in [1.29, 1.82) is 0 Å². The van der Waals surface area contributed by atoms with E-state index < -0.39 is 0 Å². The number of benzene rings is 2. The van der Waals surface area contributed by atoms with Crippen molar-refractivity contribution < 1.29 is 9.59 Å². The molecule has 4 heteroatoms. The molecule has 0 unspecified atom stereocenters. The number of carbonyl (C=O) groups excluding carboxylic acids is 2. The van der Waals surface area contributed by atoms with Crippen LogP contribution in [0.4, 0.5) is 11.4 Å². The Morgan fingerprint density at radius 1 is 0.909 bits per heavy atom. The summed E-state index contributed by atoms with van der Waals surface area (Å²) in [6, 6.07) is 14.6.